The van der Waals surface area contributed by atoms with Crippen LogP contribution in [0.4, 0.5) is 4.39 Å². The van der Waals surface area contributed by atoms with Gasteiger partial charge in [0.15, 0.2) is 0 Å². The smallest absolute Gasteiger partial charge is 0.142 e. The summed E-state index contributed by atoms with van der Waals surface area (Å²) >= 11 is 0. The molecule has 1 radical (unpaired) electrons. The quantitative estimate of drug-likeness (QED) is 0.644. The van der Waals surface area contributed by atoms with Crippen molar-refractivity contribution in [1.29, 1.82) is 0 Å². The third kappa shape index (κ3) is 2.48. The largest absolute Gasteiger partial charge is 0.493 e. The minimum absolute atomic E-state index is 0.257. The van der Waals surface area contributed by atoms with Crippen LogP contribution in [-0.2, 0) is 0 Å². The highest BCUT2D eigenvalue weighted by atomic mass is 19.1. The summed E-state index contributed by atoms with van der Waals surface area (Å²) in [7, 11) is 0. The van der Waals surface area contributed by atoms with Crippen molar-refractivity contribution in [2.45, 2.75) is 6.92 Å². The molecule has 0 heterocycles. The third-order valence-electron chi connectivity index (χ3n) is 1.51. The molecule has 0 unspecified atom stereocenters. The van der Waals surface area contributed by atoms with Crippen LogP contribution >= 0.6 is 0 Å². The average molecular weight is 177 g/mol. The number of hydrogen-bond acceptors (Lipinski definition) is 1. The molecule has 67 valence electrons. The second-order valence-electron chi connectivity index (χ2n) is 2.51. The molecule has 0 bridgehead atoms. The number of benzene rings is 1. The number of hydrogen-bond donors (Lipinski definition) is 0. The SMILES string of the molecule is C#Cc1ccc(OC[CH]C)cc1F. The van der Waals surface area contributed by atoms with Gasteiger partial charge >= 0.3 is 0 Å². The lowest BCUT2D eigenvalue weighted by Crippen LogP contribution is -1.96. The second kappa shape index (κ2) is 4.51. The number of ether oxygens (including phenoxy) is 1. The van der Waals surface area contributed by atoms with Crippen molar-refractivity contribution >= 4 is 0 Å². The summed E-state index contributed by atoms with van der Waals surface area (Å²) < 4.78 is 18.2. The van der Waals surface area contributed by atoms with E-state index < -0.39 is 5.82 Å². The molecule has 0 aliphatic carbocycles. The predicted octanol–water partition coefficient (Wildman–Crippen LogP) is 2.41. The first-order chi connectivity index (χ1) is 6.27. The molecule has 0 fully saturated rings. The standard InChI is InChI=1S/C11H10FO/c1-3-7-13-10-6-5-9(4-2)11(12)8-10/h2-3,5-6,8H,7H2,1H3. The molecule has 0 spiro atoms. The Morgan fingerprint density at radius 3 is 2.92 bits per heavy atom. The first kappa shape index (κ1) is 9.60. The van der Waals surface area contributed by atoms with Gasteiger partial charge in [0.25, 0.3) is 0 Å². The highest BCUT2D eigenvalue weighted by Crippen LogP contribution is 2.15. The summed E-state index contributed by atoms with van der Waals surface area (Å²) in [6.45, 7) is 2.33. The van der Waals surface area contributed by atoms with Gasteiger partial charge in [-0.15, -0.1) is 6.42 Å². The Bertz CT molecular complexity index is 325. The van der Waals surface area contributed by atoms with E-state index in [2.05, 4.69) is 5.92 Å². The summed E-state index contributed by atoms with van der Waals surface area (Å²) in [6, 6.07) is 4.47. The van der Waals surface area contributed by atoms with Crippen LogP contribution in [-0.4, -0.2) is 6.61 Å². The van der Waals surface area contributed by atoms with E-state index in [1.807, 2.05) is 13.3 Å². The minimum Gasteiger partial charge on any atom is -0.493 e. The Balaban J connectivity index is 2.79. The van der Waals surface area contributed by atoms with E-state index in [4.69, 9.17) is 11.2 Å². The lowest BCUT2D eigenvalue weighted by atomic mass is 10.2. The van der Waals surface area contributed by atoms with Gasteiger partial charge in [-0.1, -0.05) is 12.8 Å². The molecule has 1 rings (SSSR count). The molecule has 1 aromatic carbocycles. The maximum Gasteiger partial charge on any atom is 0.142 e. The van der Waals surface area contributed by atoms with Crippen LogP contribution < -0.4 is 4.74 Å². The van der Waals surface area contributed by atoms with E-state index in [-0.39, 0.29) is 5.56 Å². The summed E-state index contributed by atoms with van der Waals surface area (Å²) in [5.74, 6) is 2.31. The highest BCUT2D eigenvalue weighted by Gasteiger charge is 2.00. The molecule has 1 nitrogen and oxygen atoms in total. The Morgan fingerprint density at radius 2 is 2.38 bits per heavy atom. The molecule has 0 aliphatic rings. The van der Waals surface area contributed by atoms with E-state index in [0.717, 1.165) is 0 Å². The van der Waals surface area contributed by atoms with Crippen molar-refractivity contribution in [3.63, 3.8) is 0 Å². The predicted molar refractivity (Wildman–Crippen MR) is 49.8 cm³/mol. The Morgan fingerprint density at radius 1 is 1.62 bits per heavy atom. The number of halogens is 1. The third-order valence-corrected chi connectivity index (χ3v) is 1.51. The summed E-state index contributed by atoms with van der Waals surface area (Å²) in [6.07, 6.45) is 6.90. The highest BCUT2D eigenvalue weighted by molar-refractivity contribution is 5.38. The van der Waals surface area contributed by atoms with Gasteiger partial charge in [0.2, 0.25) is 0 Å². The van der Waals surface area contributed by atoms with Crippen LogP contribution in [0, 0.1) is 24.6 Å². The molecule has 0 aliphatic heterocycles. The van der Waals surface area contributed by atoms with Gasteiger partial charge in [-0.05, 0) is 18.6 Å². The van der Waals surface area contributed by atoms with Gasteiger partial charge in [-0.2, -0.15) is 0 Å². The van der Waals surface area contributed by atoms with Crippen molar-refractivity contribution in [3.8, 4) is 18.1 Å². The van der Waals surface area contributed by atoms with E-state index >= 15 is 0 Å². The summed E-state index contributed by atoms with van der Waals surface area (Å²) in [5, 5.41) is 0. The molecular formula is C11H10FO. The lowest BCUT2D eigenvalue weighted by molar-refractivity contribution is 0.347. The zero-order valence-corrected chi connectivity index (χ0v) is 7.38. The van der Waals surface area contributed by atoms with Crippen molar-refractivity contribution in [1.82, 2.24) is 0 Å². The van der Waals surface area contributed by atoms with Gasteiger partial charge in [0.05, 0.1) is 12.2 Å². The lowest BCUT2D eigenvalue weighted by Gasteiger charge is -2.04. The van der Waals surface area contributed by atoms with E-state index in [1.54, 1.807) is 6.07 Å². The minimum atomic E-state index is -0.420. The monoisotopic (exact) mass is 177 g/mol. The van der Waals surface area contributed by atoms with Crippen LogP contribution in [0.15, 0.2) is 18.2 Å². The Hall–Kier alpha value is -1.49. The fraction of sp³-hybridized carbons (Fsp3) is 0.182. The first-order valence-electron chi connectivity index (χ1n) is 3.94. The van der Waals surface area contributed by atoms with Crippen LogP contribution in [0.1, 0.15) is 12.5 Å². The van der Waals surface area contributed by atoms with Gasteiger partial charge in [0.1, 0.15) is 11.6 Å². The molecule has 1 aromatic rings. The van der Waals surface area contributed by atoms with E-state index in [0.29, 0.717) is 12.4 Å². The Kier molecular flexibility index (Phi) is 3.33. The summed E-state index contributed by atoms with van der Waals surface area (Å²) in [5.41, 5.74) is 0.257. The topological polar surface area (TPSA) is 9.23 Å². The zero-order valence-electron chi connectivity index (χ0n) is 7.38. The van der Waals surface area contributed by atoms with Crippen molar-refractivity contribution in [2.75, 3.05) is 6.61 Å². The first-order valence-corrected chi connectivity index (χ1v) is 3.94. The zero-order chi connectivity index (χ0) is 9.68. The number of terminal acetylenes is 1. The molecule has 13 heavy (non-hydrogen) atoms. The molecule has 2 heteroatoms. The van der Waals surface area contributed by atoms with Gasteiger partial charge < -0.3 is 4.74 Å². The van der Waals surface area contributed by atoms with Crippen molar-refractivity contribution in [2.24, 2.45) is 0 Å². The van der Waals surface area contributed by atoms with Crippen molar-refractivity contribution < 1.29 is 9.13 Å². The summed E-state index contributed by atoms with van der Waals surface area (Å²) in [4.78, 5) is 0. The van der Waals surface area contributed by atoms with Crippen molar-refractivity contribution in [3.05, 3.63) is 36.0 Å². The van der Waals surface area contributed by atoms with Crippen LogP contribution in [0.25, 0.3) is 0 Å². The maximum absolute atomic E-state index is 13.0. The average Bonchev–Trinajstić information content (AvgIpc) is 2.15. The number of rotatable bonds is 3. The van der Waals surface area contributed by atoms with Gasteiger partial charge in [0, 0.05) is 6.07 Å². The fourth-order valence-corrected chi connectivity index (χ4v) is 0.882. The molecule has 0 atom stereocenters. The second-order valence-corrected chi connectivity index (χ2v) is 2.51. The molecular weight excluding hydrogens is 167 g/mol. The molecule has 0 N–H and O–H groups in total. The van der Waals surface area contributed by atoms with Crippen LogP contribution in [0.5, 0.6) is 5.75 Å². The van der Waals surface area contributed by atoms with E-state index in [1.165, 1.54) is 12.1 Å². The van der Waals surface area contributed by atoms with E-state index in [9.17, 15) is 4.39 Å². The van der Waals surface area contributed by atoms with Crippen LogP contribution in [0.2, 0.25) is 0 Å². The molecule has 0 aromatic heterocycles. The fourth-order valence-electron chi connectivity index (χ4n) is 0.882. The van der Waals surface area contributed by atoms with Gasteiger partial charge in [-0.25, -0.2) is 4.39 Å². The normalized spacial score (nSPS) is 9.31. The molecule has 0 saturated carbocycles. The van der Waals surface area contributed by atoms with Gasteiger partial charge in [-0.3, -0.25) is 0 Å². The Labute approximate surface area is 77.5 Å². The molecule has 0 amide bonds. The van der Waals surface area contributed by atoms with Crippen LogP contribution in [0.3, 0.4) is 0 Å². The molecule has 0 saturated heterocycles. The maximum atomic E-state index is 13.0.